The Morgan fingerprint density at radius 2 is 2.17 bits per heavy atom. The van der Waals surface area contributed by atoms with Gasteiger partial charge in [-0.05, 0) is 29.8 Å². The van der Waals surface area contributed by atoms with Gasteiger partial charge in [-0.25, -0.2) is 0 Å². The smallest absolute Gasteiger partial charge is 0.160 e. The highest BCUT2D eigenvalue weighted by molar-refractivity contribution is 8.14. The van der Waals surface area contributed by atoms with Gasteiger partial charge in [0.15, 0.2) is 5.17 Å². The van der Waals surface area contributed by atoms with E-state index in [4.69, 9.17) is 21.3 Å². The Bertz CT molecular complexity index is 783. The summed E-state index contributed by atoms with van der Waals surface area (Å²) >= 11 is 8.21. The molecule has 6 heteroatoms. The van der Waals surface area contributed by atoms with Gasteiger partial charge in [-0.15, -0.1) is 0 Å². The fourth-order valence-electron chi connectivity index (χ4n) is 3.34. The van der Waals surface area contributed by atoms with Gasteiger partial charge in [0.05, 0.1) is 23.9 Å². The Labute approximate surface area is 150 Å². The number of nitrogens with zero attached hydrogens (tertiary/aromatic N) is 3. The van der Waals surface area contributed by atoms with Gasteiger partial charge < -0.3 is 9.64 Å². The van der Waals surface area contributed by atoms with E-state index < -0.39 is 0 Å². The maximum Gasteiger partial charge on any atom is 0.160 e. The second-order valence-electron chi connectivity index (χ2n) is 6.03. The summed E-state index contributed by atoms with van der Waals surface area (Å²) in [6.07, 6.45) is 1.83. The molecule has 3 unspecified atom stereocenters. The highest BCUT2D eigenvalue weighted by Crippen LogP contribution is 2.48. The Kier molecular flexibility index (Phi) is 4.14. The van der Waals surface area contributed by atoms with E-state index in [1.165, 1.54) is 0 Å². The number of halogens is 1. The molecule has 4 rings (SSSR count). The summed E-state index contributed by atoms with van der Waals surface area (Å²) in [5, 5.41) is 2.28. The van der Waals surface area contributed by atoms with Gasteiger partial charge in [0.25, 0.3) is 0 Å². The molecule has 2 aromatic rings. The minimum atomic E-state index is -0.00865. The number of amidine groups is 1. The number of methoxy groups -OCH3 is 1. The lowest BCUT2D eigenvalue weighted by atomic mass is 9.96. The van der Waals surface area contributed by atoms with E-state index in [-0.39, 0.29) is 12.1 Å². The summed E-state index contributed by atoms with van der Waals surface area (Å²) in [4.78, 5) is 11.9. The molecule has 0 spiro atoms. The van der Waals surface area contributed by atoms with E-state index in [1.54, 1.807) is 7.11 Å². The topological polar surface area (TPSA) is 37.7 Å². The van der Waals surface area contributed by atoms with Gasteiger partial charge in [0.1, 0.15) is 11.8 Å². The molecule has 1 fully saturated rings. The Balaban J connectivity index is 1.77. The fourth-order valence-corrected chi connectivity index (χ4v) is 4.70. The number of aromatic nitrogens is 1. The maximum atomic E-state index is 6.37. The second-order valence-corrected chi connectivity index (χ2v) is 7.84. The quantitative estimate of drug-likeness (QED) is 0.817. The molecule has 0 amide bonds. The van der Waals surface area contributed by atoms with Gasteiger partial charge in [-0.1, -0.05) is 42.4 Å². The molecule has 0 radical (unpaired) electrons. The van der Waals surface area contributed by atoms with Gasteiger partial charge in [-0.3, -0.25) is 9.98 Å². The number of aliphatic imine (C=N–C) groups is 1. The largest absolute Gasteiger partial charge is 0.495 e. The first kappa shape index (κ1) is 15.8. The lowest BCUT2D eigenvalue weighted by Crippen LogP contribution is -2.28. The van der Waals surface area contributed by atoms with Crippen molar-refractivity contribution in [2.24, 2.45) is 4.99 Å². The Morgan fingerprint density at radius 1 is 1.29 bits per heavy atom. The zero-order chi connectivity index (χ0) is 16.7. The summed E-state index contributed by atoms with van der Waals surface area (Å²) < 4.78 is 5.29. The molecule has 2 aliphatic rings. The van der Waals surface area contributed by atoms with Crippen LogP contribution in [0.25, 0.3) is 0 Å². The van der Waals surface area contributed by atoms with Gasteiger partial charge >= 0.3 is 0 Å². The molecule has 4 nitrogen and oxygen atoms in total. The minimum absolute atomic E-state index is 0.00865. The van der Waals surface area contributed by atoms with Crippen LogP contribution in [-0.2, 0) is 0 Å². The molecule has 0 saturated carbocycles. The molecule has 1 aromatic heterocycles. The molecular weight excluding hydrogens is 342 g/mol. The van der Waals surface area contributed by atoms with Crippen molar-refractivity contribution in [2.75, 3.05) is 13.7 Å². The van der Waals surface area contributed by atoms with Crippen LogP contribution in [0.3, 0.4) is 0 Å². The molecule has 0 N–H and O–H groups in total. The number of pyridine rings is 1. The number of rotatable bonds is 3. The summed E-state index contributed by atoms with van der Waals surface area (Å²) in [6, 6.07) is 12.1. The molecule has 2 aliphatic heterocycles. The number of hydrogen-bond acceptors (Lipinski definition) is 5. The molecule has 0 bridgehead atoms. The van der Waals surface area contributed by atoms with Crippen LogP contribution < -0.4 is 4.74 Å². The van der Waals surface area contributed by atoms with Gasteiger partial charge in [-0.2, -0.15) is 0 Å². The highest BCUT2D eigenvalue weighted by atomic mass is 35.5. The van der Waals surface area contributed by atoms with Crippen LogP contribution in [0.4, 0.5) is 0 Å². The first-order valence-corrected chi connectivity index (χ1v) is 9.18. The SMILES string of the molecule is COc1ccc(C2C(c3ccccn3)N=C3SC(C)CN32)cc1Cl. The van der Waals surface area contributed by atoms with Crippen molar-refractivity contribution in [1.29, 1.82) is 0 Å². The summed E-state index contributed by atoms with van der Waals surface area (Å²) in [5.74, 6) is 0.693. The van der Waals surface area contributed by atoms with Crippen molar-refractivity contribution >= 4 is 28.5 Å². The van der Waals surface area contributed by atoms with Gasteiger partial charge in [0.2, 0.25) is 0 Å². The molecule has 3 heterocycles. The maximum absolute atomic E-state index is 6.37. The lowest BCUT2D eigenvalue weighted by Gasteiger charge is -2.27. The van der Waals surface area contributed by atoms with Crippen molar-refractivity contribution in [3.63, 3.8) is 0 Å². The van der Waals surface area contributed by atoms with Crippen LogP contribution >= 0.6 is 23.4 Å². The summed E-state index contributed by atoms with van der Waals surface area (Å²) in [7, 11) is 1.63. The minimum Gasteiger partial charge on any atom is -0.495 e. The van der Waals surface area contributed by atoms with Crippen molar-refractivity contribution in [1.82, 2.24) is 9.88 Å². The van der Waals surface area contributed by atoms with Crippen LogP contribution in [0.2, 0.25) is 5.02 Å². The van der Waals surface area contributed by atoms with Crippen molar-refractivity contribution in [2.45, 2.75) is 24.3 Å². The van der Waals surface area contributed by atoms with Crippen molar-refractivity contribution in [3.05, 3.63) is 58.9 Å². The fraction of sp³-hybridized carbons (Fsp3) is 0.333. The first-order valence-electron chi connectivity index (χ1n) is 7.93. The Hall–Kier alpha value is -1.72. The third kappa shape index (κ3) is 2.66. The Morgan fingerprint density at radius 3 is 2.88 bits per heavy atom. The van der Waals surface area contributed by atoms with E-state index in [0.29, 0.717) is 16.0 Å². The normalized spacial score (nSPS) is 25.5. The number of fused-ring (bicyclic) bond motifs is 1. The number of hydrogen-bond donors (Lipinski definition) is 0. The zero-order valence-electron chi connectivity index (χ0n) is 13.5. The molecule has 24 heavy (non-hydrogen) atoms. The predicted molar refractivity (Wildman–Crippen MR) is 98.9 cm³/mol. The number of ether oxygens (including phenoxy) is 1. The van der Waals surface area contributed by atoms with E-state index in [2.05, 4.69) is 22.9 Å². The molecule has 3 atom stereocenters. The standard InChI is InChI=1S/C18H18ClN3OS/c1-11-10-22-17(12-6-7-15(23-2)13(19)9-12)16(21-18(22)24-11)14-5-3-4-8-20-14/h3-9,11,16-17H,10H2,1-2H3. The molecule has 1 saturated heterocycles. The highest BCUT2D eigenvalue weighted by Gasteiger charge is 2.43. The zero-order valence-corrected chi connectivity index (χ0v) is 15.1. The average Bonchev–Trinajstić information content (AvgIpc) is 3.11. The third-order valence-corrected chi connectivity index (χ3v) is 5.80. The van der Waals surface area contributed by atoms with Crippen molar-refractivity contribution < 1.29 is 4.74 Å². The predicted octanol–water partition coefficient (Wildman–Crippen LogP) is 4.33. The molecular formula is C18H18ClN3OS. The van der Waals surface area contributed by atoms with Crippen LogP contribution in [0, 0.1) is 0 Å². The van der Waals surface area contributed by atoms with E-state index in [1.807, 2.05) is 48.3 Å². The van der Waals surface area contributed by atoms with Crippen LogP contribution in [0.15, 0.2) is 47.6 Å². The first-order chi connectivity index (χ1) is 11.7. The van der Waals surface area contributed by atoms with Crippen LogP contribution in [-0.4, -0.2) is 34.0 Å². The number of benzene rings is 1. The van der Waals surface area contributed by atoms with Crippen molar-refractivity contribution in [3.8, 4) is 5.75 Å². The molecule has 124 valence electrons. The van der Waals surface area contributed by atoms with E-state index in [0.717, 1.165) is 23.0 Å². The third-order valence-electron chi connectivity index (χ3n) is 4.40. The van der Waals surface area contributed by atoms with Crippen LogP contribution in [0.1, 0.15) is 30.3 Å². The summed E-state index contributed by atoms with van der Waals surface area (Å²) in [6.45, 7) is 3.22. The average molecular weight is 360 g/mol. The van der Waals surface area contributed by atoms with Gasteiger partial charge in [0, 0.05) is 18.0 Å². The van der Waals surface area contributed by atoms with E-state index >= 15 is 0 Å². The monoisotopic (exact) mass is 359 g/mol. The summed E-state index contributed by atoms with van der Waals surface area (Å²) in [5.41, 5.74) is 2.13. The van der Waals surface area contributed by atoms with Crippen LogP contribution in [0.5, 0.6) is 5.75 Å². The van der Waals surface area contributed by atoms with E-state index in [9.17, 15) is 0 Å². The molecule has 1 aromatic carbocycles. The lowest BCUT2D eigenvalue weighted by molar-refractivity contribution is 0.321. The second kappa shape index (κ2) is 6.30. The molecule has 0 aliphatic carbocycles. The number of thioether (sulfide) groups is 1.